The van der Waals surface area contributed by atoms with Gasteiger partial charge in [0, 0.05) is 37.7 Å². The van der Waals surface area contributed by atoms with E-state index < -0.39 is 0 Å². The fourth-order valence-corrected chi connectivity index (χ4v) is 3.69. The highest BCUT2D eigenvalue weighted by molar-refractivity contribution is 6.33. The third-order valence-electron chi connectivity index (χ3n) is 5.15. The lowest BCUT2D eigenvalue weighted by Crippen LogP contribution is -2.42. The fraction of sp³-hybridized carbons (Fsp3) is 0.400. The van der Waals surface area contributed by atoms with Crippen molar-refractivity contribution >= 4 is 23.4 Å². The highest BCUT2D eigenvalue weighted by Gasteiger charge is 2.31. The van der Waals surface area contributed by atoms with E-state index in [0.29, 0.717) is 23.7 Å². The zero-order chi connectivity index (χ0) is 19.4. The number of amides is 2. The molecule has 27 heavy (non-hydrogen) atoms. The molecule has 1 aliphatic heterocycles. The molecule has 0 aliphatic carbocycles. The number of halogens is 1. The Morgan fingerprint density at radius 3 is 2.67 bits per heavy atom. The predicted molar refractivity (Wildman–Crippen MR) is 105 cm³/mol. The standard InChI is InChI=1S/C20H24ClN3O3/c1-22-19(25)11-13-7-8-14(24(13)2)12-23-20(26)18-10-9-17(27-18)15-5-3-4-6-16(15)21/h3-6,9-10,13-14H,7-8,11-12H2,1-2H3,(H,22,25)(H,23,26)/t13-,14+/m1/s1. The summed E-state index contributed by atoms with van der Waals surface area (Å²) in [5.74, 6) is 0.609. The van der Waals surface area contributed by atoms with Gasteiger partial charge in [0.05, 0.1) is 5.02 Å². The highest BCUT2D eigenvalue weighted by atomic mass is 35.5. The van der Waals surface area contributed by atoms with E-state index in [1.165, 1.54) is 0 Å². The monoisotopic (exact) mass is 389 g/mol. The van der Waals surface area contributed by atoms with Crippen molar-refractivity contribution in [3.63, 3.8) is 0 Å². The lowest BCUT2D eigenvalue weighted by Gasteiger charge is -2.25. The number of likely N-dealkylation sites (N-methyl/N-ethyl adjacent to an activating group) is 1. The van der Waals surface area contributed by atoms with Gasteiger partial charge >= 0.3 is 0 Å². The minimum Gasteiger partial charge on any atom is -0.451 e. The second kappa shape index (κ2) is 8.59. The van der Waals surface area contributed by atoms with Gasteiger partial charge < -0.3 is 15.1 Å². The van der Waals surface area contributed by atoms with E-state index in [0.717, 1.165) is 18.4 Å². The maximum atomic E-state index is 12.4. The van der Waals surface area contributed by atoms with Crippen LogP contribution >= 0.6 is 11.6 Å². The van der Waals surface area contributed by atoms with Crippen molar-refractivity contribution in [1.29, 1.82) is 0 Å². The van der Waals surface area contributed by atoms with Crippen LogP contribution < -0.4 is 10.6 Å². The molecular weight excluding hydrogens is 366 g/mol. The Kier molecular flexibility index (Phi) is 6.19. The van der Waals surface area contributed by atoms with Crippen LogP contribution in [0, 0.1) is 0 Å². The largest absolute Gasteiger partial charge is 0.451 e. The summed E-state index contributed by atoms with van der Waals surface area (Å²) in [6, 6.07) is 11.2. The maximum Gasteiger partial charge on any atom is 0.287 e. The number of furan rings is 1. The van der Waals surface area contributed by atoms with Gasteiger partial charge in [-0.05, 0) is 44.2 Å². The van der Waals surface area contributed by atoms with Gasteiger partial charge in [0.15, 0.2) is 5.76 Å². The molecule has 144 valence electrons. The summed E-state index contributed by atoms with van der Waals surface area (Å²) < 4.78 is 5.68. The van der Waals surface area contributed by atoms with Gasteiger partial charge in [0.2, 0.25) is 5.91 Å². The van der Waals surface area contributed by atoms with Crippen molar-refractivity contribution < 1.29 is 14.0 Å². The van der Waals surface area contributed by atoms with Gasteiger partial charge in [-0.3, -0.25) is 14.5 Å². The molecule has 0 spiro atoms. The van der Waals surface area contributed by atoms with Crippen LogP contribution in [0.1, 0.15) is 29.8 Å². The van der Waals surface area contributed by atoms with E-state index in [4.69, 9.17) is 16.0 Å². The van der Waals surface area contributed by atoms with E-state index in [9.17, 15) is 9.59 Å². The molecule has 2 aromatic rings. The van der Waals surface area contributed by atoms with Crippen LogP contribution in [0.2, 0.25) is 5.02 Å². The van der Waals surface area contributed by atoms with Crippen molar-refractivity contribution in [3.05, 3.63) is 47.2 Å². The number of nitrogens with zero attached hydrogens (tertiary/aromatic N) is 1. The minimum atomic E-state index is -0.253. The number of benzene rings is 1. The lowest BCUT2D eigenvalue weighted by atomic mass is 10.1. The normalized spacial score (nSPS) is 19.8. The third-order valence-corrected chi connectivity index (χ3v) is 5.48. The summed E-state index contributed by atoms with van der Waals surface area (Å²) >= 11 is 6.18. The summed E-state index contributed by atoms with van der Waals surface area (Å²) in [6.07, 6.45) is 2.38. The van der Waals surface area contributed by atoms with Gasteiger partial charge in [0.25, 0.3) is 5.91 Å². The predicted octanol–water partition coefficient (Wildman–Crippen LogP) is 2.93. The molecule has 2 atom stereocenters. The molecule has 1 aliphatic rings. The van der Waals surface area contributed by atoms with E-state index in [-0.39, 0.29) is 29.7 Å². The van der Waals surface area contributed by atoms with Crippen molar-refractivity contribution in [2.75, 3.05) is 20.6 Å². The van der Waals surface area contributed by atoms with Crippen LogP contribution in [-0.4, -0.2) is 49.4 Å². The number of carbonyl (C=O) groups is 2. The molecule has 3 rings (SSSR count). The maximum absolute atomic E-state index is 12.4. The van der Waals surface area contributed by atoms with Crippen molar-refractivity contribution in [3.8, 4) is 11.3 Å². The summed E-state index contributed by atoms with van der Waals surface area (Å²) in [6.45, 7) is 0.516. The summed E-state index contributed by atoms with van der Waals surface area (Å²) in [7, 11) is 3.65. The first-order chi connectivity index (χ1) is 13.0. The minimum absolute atomic E-state index is 0.0409. The van der Waals surface area contributed by atoms with Crippen LogP contribution in [0.5, 0.6) is 0 Å². The molecular formula is C20H24ClN3O3. The van der Waals surface area contributed by atoms with Gasteiger partial charge in [-0.25, -0.2) is 0 Å². The molecule has 1 aromatic carbocycles. The second-order valence-corrected chi connectivity index (χ2v) is 7.19. The van der Waals surface area contributed by atoms with Crippen molar-refractivity contribution in [2.45, 2.75) is 31.3 Å². The molecule has 0 radical (unpaired) electrons. The molecule has 2 N–H and O–H groups in total. The molecule has 0 saturated carbocycles. The van der Waals surface area contributed by atoms with E-state index in [2.05, 4.69) is 15.5 Å². The van der Waals surface area contributed by atoms with Gasteiger partial charge in [-0.1, -0.05) is 23.7 Å². The quantitative estimate of drug-likeness (QED) is 0.796. The zero-order valence-electron chi connectivity index (χ0n) is 15.5. The van der Waals surface area contributed by atoms with Gasteiger partial charge in [-0.2, -0.15) is 0 Å². The fourth-order valence-electron chi connectivity index (χ4n) is 3.46. The number of likely N-dealkylation sites (tertiary alicyclic amines) is 1. The summed E-state index contributed by atoms with van der Waals surface area (Å²) in [5, 5.41) is 6.17. The van der Waals surface area contributed by atoms with Crippen LogP contribution in [0.4, 0.5) is 0 Å². The topological polar surface area (TPSA) is 74.6 Å². The Morgan fingerprint density at radius 2 is 1.93 bits per heavy atom. The average molecular weight is 390 g/mol. The second-order valence-electron chi connectivity index (χ2n) is 6.78. The van der Waals surface area contributed by atoms with E-state index in [1.807, 2.05) is 25.2 Å². The summed E-state index contributed by atoms with van der Waals surface area (Å²) in [5.41, 5.74) is 0.755. The number of nitrogens with one attached hydrogen (secondary N) is 2. The molecule has 0 bridgehead atoms. The van der Waals surface area contributed by atoms with Gasteiger partial charge in [-0.15, -0.1) is 0 Å². The van der Waals surface area contributed by atoms with E-state index >= 15 is 0 Å². The number of hydrogen-bond donors (Lipinski definition) is 2. The SMILES string of the molecule is CNC(=O)C[C@H]1CC[C@@H](CNC(=O)c2ccc(-c3ccccc3Cl)o2)N1C. The highest BCUT2D eigenvalue weighted by Crippen LogP contribution is 2.29. The molecule has 2 amide bonds. The molecule has 2 heterocycles. The third kappa shape index (κ3) is 4.51. The first kappa shape index (κ1) is 19.5. The smallest absolute Gasteiger partial charge is 0.287 e. The molecule has 6 nitrogen and oxygen atoms in total. The van der Waals surface area contributed by atoms with E-state index in [1.54, 1.807) is 25.2 Å². The molecule has 1 saturated heterocycles. The number of rotatable bonds is 6. The van der Waals surface area contributed by atoms with Crippen molar-refractivity contribution in [1.82, 2.24) is 15.5 Å². The van der Waals surface area contributed by atoms with Crippen LogP contribution in [0.15, 0.2) is 40.8 Å². The Morgan fingerprint density at radius 1 is 1.19 bits per heavy atom. The van der Waals surface area contributed by atoms with Crippen LogP contribution in [-0.2, 0) is 4.79 Å². The summed E-state index contributed by atoms with van der Waals surface area (Å²) in [4.78, 5) is 26.2. The zero-order valence-corrected chi connectivity index (χ0v) is 16.3. The van der Waals surface area contributed by atoms with Crippen LogP contribution in [0.25, 0.3) is 11.3 Å². The Hall–Kier alpha value is -2.31. The number of carbonyl (C=O) groups excluding carboxylic acids is 2. The lowest BCUT2D eigenvalue weighted by molar-refractivity contribution is -0.121. The average Bonchev–Trinajstić information content (AvgIpc) is 3.28. The first-order valence-corrected chi connectivity index (χ1v) is 9.43. The molecule has 1 fully saturated rings. The number of hydrogen-bond acceptors (Lipinski definition) is 4. The molecule has 0 unspecified atom stereocenters. The Balaban J connectivity index is 1.56. The van der Waals surface area contributed by atoms with Crippen molar-refractivity contribution in [2.24, 2.45) is 0 Å². The Bertz CT molecular complexity index is 820. The molecule has 1 aromatic heterocycles. The molecule has 7 heteroatoms. The van der Waals surface area contributed by atoms with Crippen LogP contribution in [0.3, 0.4) is 0 Å². The Labute approximate surface area is 163 Å². The van der Waals surface area contributed by atoms with Gasteiger partial charge in [0.1, 0.15) is 5.76 Å². The first-order valence-electron chi connectivity index (χ1n) is 9.05.